The first kappa shape index (κ1) is 20.5. The summed E-state index contributed by atoms with van der Waals surface area (Å²) in [7, 11) is 2.96. The third-order valence-corrected chi connectivity index (χ3v) is 3.84. The monoisotopic (exact) mass is 382 g/mol. The first-order valence-corrected chi connectivity index (χ1v) is 9.24. The number of carbonyl (C=O) groups is 2. The van der Waals surface area contributed by atoms with Crippen molar-refractivity contribution in [3.63, 3.8) is 0 Å². The fourth-order valence-corrected chi connectivity index (χ4v) is 2.67. The molecule has 0 rings (SSSR count). The Hall–Kier alpha value is -0.810. The van der Waals surface area contributed by atoms with E-state index in [2.05, 4.69) is 6.92 Å². The molecule has 1 N–H and O–H groups in total. The van der Waals surface area contributed by atoms with Crippen molar-refractivity contribution in [1.29, 1.82) is 0 Å². The van der Waals surface area contributed by atoms with Gasteiger partial charge in [0.25, 0.3) is 0 Å². The Kier molecular flexibility index (Phi) is 12.7. The number of aliphatic carboxylic acids is 1. The summed E-state index contributed by atoms with van der Waals surface area (Å²) in [6, 6.07) is 0. The number of carbonyl (C=O) groups excluding carboxylic acids is 1. The molecule has 0 aromatic rings. The van der Waals surface area contributed by atoms with Gasteiger partial charge in [0.05, 0.1) is 31.6 Å². The Morgan fingerprint density at radius 3 is 2.04 bits per heavy atom. The van der Waals surface area contributed by atoms with Crippen LogP contribution in [0.5, 0.6) is 0 Å². The van der Waals surface area contributed by atoms with Crippen LogP contribution in [0.4, 0.5) is 0 Å². The summed E-state index contributed by atoms with van der Waals surface area (Å²) in [6.07, 6.45) is 9.16. The molecule has 0 fully saturated rings. The Morgan fingerprint density at radius 2 is 1.56 bits per heavy atom. The van der Waals surface area contributed by atoms with E-state index in [1.807, 2.05) is 0 Å². The number of hydrogen-bond acceptors (Lipinski definition) is 3. The van der Waals surface area contributed by atoms with Gasteiger partial charge in [-0.1, -0.05) is 58.3 Å². The molecule has 150 valence electrons. The smallest absolute Gasteiger partial charge is 0.307 e. The van der Waals surface area contributed by atoms with Crippen molar-refractivity contribution in [1.82, 2.24) is 0 Å². The van der Waals surface area contributed by atoms with Crippen molar-refractivity contribution in [3.8, 4) is 0 Å². The Morgan fingerprint density at radius 1 is 1.04 bits per heavy atom. The molecule has 5 nitrogen and oxygen atoms in total. The first-order valence-electron chi connectivity index (χ1n) is 10.7. The van der Waals surface area contributed by atoms with Crippen LogP contribution in [0.25, 0.3) is 0 Å². The number of unbranched alkanes of at least 4 members (excludes halogenated alkanes) is 8. The third-order valence-electron chi connectivity index (χ3n) is 3.84. The number of hydrogen-bond donors (Lipinski definition) is 1. The van der Waals surface area contributed by atoms with Crippen LogP contribution in [-0.2, 0) is 14.3 Å². The van der Waals surface area contributed by atoms with E-state index in [1.165, 1.54) is 52.6 Å². The number of ether oxygens (including phenoxy) is 1. The van der Waals surface area contributed by atoms with E-state index >= 15 is 0 Å². The highest BCUT2D eigenvalue weighted by molar-refractivity contribution is 5.71. The highest BCUT2D eigenvalue weighted by Gasteiger charge is 2.24. The van der Waals surface area contributed by atoms with Gasteiger partial charge in [-0.2, -0.15) is 0 Å². The Labute approximate surface area is 164 Å². The summed E-state index contributed by atoms with van der Waals surface area (Å²) in [5.74, 6) is -1.56. The van der Waals surface area contributed by atoms with Crippen molar-refractivity contribution in [3.05, 3.63) is 0 Å². The van der Waals surface area contributed by atoms with Gasteiger partial charge in [0.15, 0.2) is 6.10 Å². The van der Waals surface area contributed by atoms with Crippen LogP contribution < -0.4 is 12.4 Å². The summed E-state index contributed by atoms with van der Waals surface area (Å²) in [5.41, 5.74) is 0. The predicted molar refractivity (Wildman–Crippen MR) is 96.9 cm³/mol. The number of likely N-dealkylation sites (N-methyl/N-ethyl adjacent to an activating group) is 1. The molecule has 0 aliphatic rings. The molecule has 0 amide bonds. The molecular weight excluding hydrogens is 342 g/mol. The first-order chi connectivity index (χ1) is 12.5. The lowest BCUT2D eigenvalue weighted by Crippen LogP contribution is -3.00. The summed E-state index contributed by atoms with van der Waals surface area (Å²) in [6.45, 7) is -0.171. The van der Waals surface area contributed by atoms with Gasteiger partial charge in [-0.05, 0) is 6.42 Å². The number of esters is 1. The van der Waals surface area contributed by atoms with Gasteiger partial charge in [0, 0.05) is 6.42 Å². The lowest BCUT2D eigenvalue weighted by molar-refractivity contribution is -0.873. The number of carboxylic acids is 1. The minimum absolute atomic E-state index is 0. The molecule has 0 heterocycles. The topological polar surface area (TPSA) is 63.6 Å². The average Bonchev–Trinajstić information content (AvgIpc) is 2.51. The molecule has 0 spiro atoms. The quantitative estimate of drug-likeness (QED) is 0.261. The third kappa shape index (κ3) is 19.4. The van der Waals surface area contributed by atoms with Crippen LogP contribution in [0, 0.1) is 0 Å². The molecule has 0 saturated heterocycles. The largest absolute Gasteiger partial charge is 1.00 e. The molecule has 0 aromatic carbocycles. The molecule has 0 bridgehead atoms. The maximum atomic E-state index is 12.0. The van der Waals surface area contributed by atoms with Crippen molar-refractivity contribution >= 4 is 11.9 Å². The Bertz CT molecular complexity index is 445. The molecule has 0 aliphatic carbocycles. The maximum Gasteiger partial charge on any atom is 0.307 e. The van der Waals surface area contributed by atoms with Crippen molar-refractivity contribution in [2.75, 3.05) is 27.6 Å². The fourth-order valence-electron chi connectivity index (χ4n) is 2.67. The second kappa shape index (κ2) is 15.4. The van der Waals surface area contributed by atoms with Gasteiger partial charge < -0.3 is 26.7 Å². The van der Waals surface area contributed by atoms with Crippen LogP contribution >= 0.6 is 0 Å². The van der Waals surface area contributed by atoms with Crippen molar-refractivity contribution in [2.24, 2.45) is 0 Å². The second-order valence-electron chi connectivity index (χ2n) is 7.16. The minimum Gasteiger partial charge on any atom is -1.00 e. The molecule has 0 unspecified atom stereocenters. The number of quaternary nitrogens is 1. The molecule has 6 heteroatoms. The maximum absolute atomic E-state index is 12.0. The van der Waals surface area contributed by atoms with E-state index in [-0.39, 0.29) is 31.8 Å². The number of rotatable bonds is 15. The molecule has 0 aromatic heterocycles. The normalized spacial score (nSPS) is 14.6. The molecule has 0 radical (unpaired) electrons. The van der Waals surface area contributed by atoms with Gasteiger partial charge in [-0.3, -0.25) is 9.59 Å². The lowest BCUT2D eigenvalue weighted by Gasteiger charge is -2.28. The fraction of sp³-hybridized carbons (Fsp3) is 0.895. The van der Waals surface area contributed by atoms with E-state index in [0.29, 0.717) is 6.42 Å². The van der Waals surface area contributed by atoms with Crippen LogP contribution in [0.2, 0.25) is 0 Å². The van der Waals surface area contributed by atoms with Gasteiger partial charge in [-0.25, -0.2) is 0 Å². The van der Waals surface area contributed by atoms with Crippen LogP contribution in [-0.4, -0.2) is 55.2 Å². The molecule has 1 atom stereocenters. The van der Waals surface area contributed by atoms with E-state index in [1.54, 1.807) is 0 Å². The molecule has 25 heavy (non-hydrogen) atoms. The zero-order valence-electron chi connectivity index (χ0n) is 19.1. The summed E-state index contributed by atoms with van der Waals surface area (Å²) in [5, 5.41) is 9.01. The van der Waals surface area contributed by atoms with Crippen LogP contribution in [0.3, 0.4) is 0 Å². The highest BCUT2D eigenvalue weighted by atomic mass is 35.5. The molecule has 0 saturated carbocycles. The van der Waals surface area contributed by atoms with E-state index in [9.17, 15) is 9.59 Å². The molecular formula is C19H38ClNO4. The van der Waals surface area contributed by atoms with Gasteiger partial charge in [0.2, 0.25) is 0 Å². The summed E-state index contributed by atoms with van der Waals surface area (Å²) < 4.78 is 27.5. The highest BCUT2D eigenvalue weighted by Crippen LogP contribution is 2.12. The van der Waals surface area contributed by atoms with Gasteiger partial charge in [0.1, 0.15) is 6.54 Å². The zero-order valence-corrected chi connectivity index (χ0v) is 16.8. The minimum atomic E-state index is -2.31. The number of carboxylic acid groups (broad SMARTS) is 1. The number of nitrogens with zero attached hydrogens (tertiary/aromatic N) is 1. The van der Waals surface area contributed by atoms with Crippen LogP contribution in [0.1, 0.15) is 81.7 Å². The predicted octanol–water partition coefficient (Wildman–Crippen LogP) is 1.00. The van der Waals surface area contributed by atoms with E-state index < -0.39 is 29.5 Å². The zero-order chi connectivity index (χ0) is 20.9. The van der Waals surface area contributed by atoms with Crippen LogP contribution in [0.15, 0.2) is 0 Å². The number of halogens is 1. The van der Waals surface area contributed by atoms with E-state index in [0.717, 1.165) is 12.8 Å². The summed E-state index contributed by atoms with van der Waals surface area (Å²) in [4.78, 5) is 23.0. The van der Waals surface area contributed by atoms with E-state index in [4.69, 9.17) is 14.0 Å². The van der Waals surface area contributed by atoms with Gasteiger partial charge in [-0.15, -0.1) is 0 Å². The second-order valence-corrected chi connectivity index (χ2v) is 7.16. The van der Waals surface area contributed by atoms with Crippen molar-refractivity contribution < 1.29 is 40.4 Å². The SMILES string of the molecule is [2H]C([2H])([2H])[N+](C)(C)C[C@@H](CC(=O)O)OC(=O)CCCCCCCCCCC.[Cl-]. The average molecular weight is 383 g/mol. The standard InChI is InChI=1S/C19H37NO4.ClH/c1-5-6-7-8-9-10-11-12-13-14-19(23)24-17(15-18(21)22)16-20(2,3)4;/h17H,5-16H2,1-4H3;1H/t17-;/m1./s1/i2D3;. The molecule has 0 aliphatic heterocycles. The Balaban J connectivity index is 0. The van der Waals surface area contributed by atoms with Crippen molar-refractivity contribution in [2.45, 2.75) is 83.7 Å². The lowest BCUT2D eigenvalue weighted by atomic mass is 10.1. The van der Waals surface area contributed by atoms with Gasteiger partial charge >= 0.3 is 11.9 Å². The summed E-state index contributed by atoms with van der Waals surface area (Å²) >= 11 is 0.